The third-order valence-corrected chi connectivity index (χ3v) is 4.62. The number of amides is 2. The van der Waals surface area contributed by atoms with Crippen molar-refractivity contribution in [2.75, 3.05) is 38.7 Å². The fraction of sp³-hybridized carbons (Fsp3) is 0.929. The number of nitrogens with zero attached hydrogens (tertiary/aromatic N) is 2. The molecule has 1 rings (SSSR count). The number of piperidine rings is 1. The van der Waals surface area contributed by atoms with Crippen LogP contribution in [0, 0.1) is 0 Å². The Bertz CT molecular complexity index is 273. The summed E-state index contributed by atoms with van der Waals surface area (Å²) in [5.41, 5.74) is 0. The third kappa shape index (κ3) is 6.04. The lowest BCUT2D eigenvalue weighted by atomic mass is 10.1. The molecular weight excluding hydrogens is 258 g/mol. The number of hydrogen-bond donors (Lipinski definition) is 1. The van der Waals surface area contributed by atoms with E-state index in [1.807, 2.05) is 16.7 Å². The normalized spacial score (nSPS) is 21.5. The molecule has 1 aliphatic heterocycles. The number of carbonyl (C=O) groups is 1. The zero-order chi connectivity index (χ0) is 14.3. The first-order chi connectivity index (χ1) is 9.04. The summed E-state index contributed by atoms with van der Waals surface area (Å²) in [6.45, 7) is 6.02. The lowest BCUT2D eigenvalue weighted by molar-refractivity contribution is 0.138. The number of likely N-dealkylation sites (N-methyl/N-ethyl adjacent to an activating group) is 1. The van der Waals surface area contributed by atoms with E-state index in [1.54, 1.807) is 0 Å². The van der Waals surface area contributed by atoms with Gasteiger partial charge in [0.15, 0.2) is 0 Å². The molecule has 2 atom stereocenters. The maximum Gasteiger partial charge on any atom is 0.317 e. The highest BCUT2D eigenvalue weighted by Crippen LogP contribution is 2.14. The second-order valence-corrected chi connectivity index (χ2v) is 6.94. The van der Waals surface area contributed by atoms with Crippen molar-refractivity contribution in [1.29, 1.82) is 0 Å². The van der Waals surface area contributed by atoms with Gasteiger partial charge in [0.25, 0.3) is 0 Å². The molecular formula is C14H29N3OS. The molecule has 0 aromatic heterocycles. The van der Waals surface area contributed by atoms with Gasteiger partial charge in [-0.25, -0.2) is 4.79 Å². The van der Waals surface area contributed by atoms with Crippen LogP contribution in [0.4, 0.5) is 4.79 Å². The van der Waals surface area contributed by atoms with E-state index >= 15 is 0 Å². The highest BCUT2D eigenvalue weighted by Gasteiger charge is 2.25. The Labute approximate surface area is 122 Å². The van der Waals surface area contributed by atoms with Crippen molar-refractivity contribution in [3.05, 3.63) is 0 Å². The molecule has 5 heteroatoms. The van der Waals surface area contributed by atoms with Crippen LogP contribution in [0.2, 0.25) is 0 Å². The summed E-state index contributed by atoms with van der Waals surface area (Å²) in [6, 6.07) is 0.886. The maximum atomic E-state index is 12.2. The van der Waals surface area contributed by atoms with Crippen molar-refractivity contribution in [3.8, 4) is 0 Å². The van der Waals surface area contributed by atoms with Crippen molar-refractivity contribution in [2.45, 2.75) is 45.2 Å². The predicted molar refractivity (Wildman–Crippen MR) is 83.9 cm³/mol. The average Bonchev–Trinajstić information content (AvgIpc) is 2.39. The molecule has 1 saturated heterocycles. The Kier molecular flexibility index (Phi) is 7.61. The molecule has 4 nitrogen and oxygen atoms in total. The van der Waals surface area contributed by atoms with Gasteiger partial charge in [-0.15, -0.1) is 0 Å². The summed E-state index contributed by atoms with van der Waals surface area (Å²) < 4.78 is 0. The summed E-state index contributed by atoms with van der Waals surface area (Å²) in [5.74, 6) is 2.27. The fourth-order valence-electron chi connectivity index (χ4n) is 2.34. The molecule has 0 aromatic carbocycles. The van der Waals surface area contributed by atoms with Crippen molar-refractivity contribution < 1.29 is 4.79 Å². The molecule has 0 saturated carbocycles. The molecule has 0 bridgehead atoms. The summed E-state index contributed by atoms with van der Waals surface area (Å²) in [4.78, 5) is 16.4. The highest BCUT2D eigenvalue weighted by molar-refractivity contribution is 7.99. The van der Waals surface area contributed by atoms with Gasteiger partial charge in [0, 0.05) is 25.2 Å². The van der Waals surface area contributed by atoms with Gasteiger partial charge in [0.05, 0.1) is 0 Å². The van der Waals surface area contributed by atoms with E-state index in [0.717, 1.165) is 37.4 Å². The quantitative estimate of drug-likeness (QED) is 0.761. The molecule has 0 unspecified atom stereocenters. The molecule has 1 aliphatic rings. The first-order valence-corrected chi connectivity index (χ1v) is 8.49. The minimum Gasteiger partial charge on any atom is -0.336 e. The lowest BCUT2D eigenvalue weighted by Crippen LogP contribution is -2.52. The molecule has 0 spiro atoms. The smallest absolute Gasteiger partial charge is 0.317 e. The van der Waals surface area contributed by atoms with Gasteiger partial charge in [0.2, 0.25) is 0 Å². The monoisotopic (exact) mass is 287 g/mol. The zero-order valence-corrected chi connectivity index (χ0v) is 13.6. The standard InChI is InChI=1S/C14H29N3OS/c1-5-19-10-8-12(2)15-14(18)17-9-6-7-13(11-17)16(3)4/h12-13H,5-11H2,1-4H3,(H,15,18)/t12-,13-/m1/s1. The van der Waals surface area contributed by atoms with E-state index < -0.39 is 0 Å². The van der Waals surface area contributed by atoms with Crippen LogP contribution in [0.3, 0.4) is 0 Å². The predicted octanol–water partition coefficient (Wildman–Crippen LogP) is 2.25. The summed E-state index contributed by atoms with van der Waals surface area (Å²) in [6.07, 6.45) is 3.35. The number of hydrogen-bond acceptors (Lipinski definition) is 3. The molecule has 0 aliphatic carbocycles. The van der Waals surface area contributed by atoms with Gasteiger partial charge >= 0.3 is 6.03 Å². The minimum absolute atomic E-state index is 0.112. The van der Waals surface area contributed by atoms with E-state index in [0.29, 0.717) is 6.04 Å². The summed E-state index contributed by atoms with van der Waals surface area (Å²) >= 11 is 1.93. The molecule has 19 heavy (non-hydrogen) atoms. The summed E-state index contributed by atoms with van der Waals surface area (Å²) in [5, 5.41) is 3.12. The van der Waals surface area contributed by atoms with Crippen LogP contribution >= 0.6 is 11.8 Å². The first kappa shape index (κ1) is 16.6. The Hall–Kier alpha value is -0.420. The van der Waals surface area contributed by atoms with Crippen LogP contribution in [0.5, 0.6) is 0 Å². The number of carbonyl (C=O) groups excluding carboxylic acids is 1. The van der Waals surface area contributed by atoms with Gasteiger partial charge < -0.3 is 15.1 Å². The Balaban J connectivity index is 2.31. The minimum atomic E-state index is 0.112. The number of rotatable bonds is 6. The zero-order valence-electron chi connectivity index (χ0n) is 12.8. The maximum absolute atomic E-state index is 12.2. The largest absolute Gasteiger partial charge is 0.336 e. The first-order valence-electron chi connectivity index (χ1n) is 7.34. The van der Waals surface area contributed by atoms with Crippen molar-refractivity contribution >= 4 is 17.8 Å². The van der Waals surface area contributed by atoms with Crippen LogP contribution in [0.1, 0.15) is 33.1 Å². The van der Waals surface area contributed by atoms with Crippen molar-refractivity contribution in [2.24, 2.45) is 0 Å². The van der Waals surface area contributed by atoms with Gasteiger partial charge in [-0.3, -0.25) is 0 Å². The number of urea groups is 1. The number of nitrogens with one attached hydrogen (secondary N) is 1. The van der Waals surface area contributed by atoms with Crippen molar-refractivity contribution in [1.82, 2.24) is 15.1 Å². The van der Waals surface area contributed by atoms with E-state index in [9.17, 15) is 4.79 Å². The topological polar surface area (TPSA) is 35.6 Å². The van der Waals surface area contributed by atoms with E-state index in [-0.39, 0.29) is 12.1 Å². The highest BCUT2D eigenvalue weighted by atomic mass is 32.2. The van der Waals surface area contributed by atoms with Gasteiger partial charge in [0.1, 0.15) is 0 Å². The van der Waals surface area contributed by atoms with Crippen molar-refractivity contribution in [3.63, 3.8) is 0 Å². The Morgan fingerprint density at radius 1 is 1.53 bits per heavy atom. The Morgan fingerprint density at radius 3 is 2.89 bits per heavy atom. The van der Waals surface area contributed by atoms with Crippen LogP contribution in [0.25, 0.3) is 0 Å². The number of likely N-dealkylation sites (tertiary alicyclic amines) is 1. The van der Waals surface area contributed by atoms with E-state index in [1.165, 1.54) is 6.42 Å². The van der Waals surface area contributed by atoms with Crippen LogP contribution in [0.15, 0.2) is 0 Å². The lowest BCUT2D eigenvalue weighted by Gasteiger charge is -2.36. The average molecular weight is 287 g/mol. The second kappa shape index (κ2) is 8.69. The van der Waals surface area contributed by atoms with Crippen LogP contribution in [-0.2, 0) is 0 Å². The molecule has 0 aromatic rings. The second-order valence-electron chi connectivity index (χ2n) is 5.54. The molecule has 112 valence electrons. The van der Waals surface area contributed by atoms with Crippen LogP contribution < -0.4 is 5.32 Å². The van der Waals surface area contributed by atoms with E-state index in [4.69, 9.17) is 0 Å². The molecule has 1 fully saturated rings. The SMILES string of the molecule is CCSCC[C@@H](C)NC(=O)N1CCC[C@@H](N(C)C)C1. The Morgan fingerprint density at radius 2 is 2.26 bits per heavy atom. The van der Waals surface area contributed by atoms with Gasteiger partial charge in [-0.05, 0) is 51.8 Å². The third-order valence-electron chi connectivity index (χ3n) is 3.68. The number of thioether (sulfide) groups is 1. The molecule has 2 amide bonds. The molecule has 1 N–H and O–H groups in total. The van der Waals surface area contributed by atoms with Gasteiger partial charge in [-0.2, -0.15) is 11.8 Å². The van der Waals surface area contributed by atoms with Crippen LogP contribution in [-0.4, -0.2) is 66.6 Å². The summed E-state index contributed by atoms with van der Waals surface area (Å²) in [7, 11) is 4.19. The molecule has 1 heterocycles. The van der Waals surface area contributed by atoms with Gasteiger partial charge in [-0.1, -0.05) is 6.92 Å². The fourth-order valence-corrected chi connectivity index (χ4v) is 3.15. The molecule has 0 radical (unpaired) electrons. The van der Waals surface area contributed by atoms with E-state index in [2.05, 4.69) is 38.2 Å².